The van der Waals surface area contributed by atoms with Crippen LogP contribution in [0.3, 0.4) is 0 Å². The highest BCUT2D eigenvalue weighted by Crippen LogP contribution is 2.36. The molecule has 1 aliphatic carbocycles. The van der Waals surface area contributed by atoms with E-state index in [4.69, 9.17) is 39.1 Å². The number of benzene rings is 1. The third kappa shape index (κ3) is 5.48. The molecule has 2 heterocycles. The Morgan fingerprint density at radius 3 is 2.76 bits per heavy atom. The molecule has 0 saturated heterocycles. The maximum Gasteiger partial charge on any atom is 0.235 e. The number of aromatic nitrogens is 2. The van der Waals surface area contributed by atoms with Gasteiger partial charge in [-0.2, -0.15) is 12.6 Å². The predicted octanol–water partition coefficient (Wildman–Crippen LogP) is 5.01. The van der Waals surface area contributed by atoms with Crippen molar-refractivity contribution >= 4 is 36.1 Å². The summed E-state index contributed by atoms with van der Waals surface area (Å²) in [4.78, 5) is 20.4. The molecule has 0 radical (unpaired) electrons. The molecule has 1 aromatic heterocycles. The highest BCUT2D eigenvalue weighted by Gasteiger charge is 2.37. The van der Waals surface area contributed by atoms with Crippen LogP contribution in [0.15, 0.2) is 42.1 Å². The maximum atomic E-state index is 13.2. The fraction of sp³-hybridized carbons (Fsp3) is 0.520. The van der Waals surface area contributed by atoms with Gasteiger partial charge in [-0.05, 0) is 37.0 Å². The molecule has 6 nitrogen and oxygen atoms in total. The molecule has 33 heavy (non-hydrogen) atoms. The minimum atomic E-state index is -0.0563. The van der Waals surface area contributed by atoms with Crippen molar-refractivity contribution in [2.45, 2.75) is 62.8 Å². The molecule has 0 spiro atoms. The second kappa shape index (κ2) is 11.1. The summed E-state index contributed by atoms with van der Waals surface area (Å²) >= 11 is 10.8. The number of aliphatic hydroxyl groups excluding tert-OH is 1. The van der Waals surface area contributed by atoms with E-state index in [1.54, 1.807) is 4.57 Å². The summed E-state index contributed by atoms with van der Waals surface area (Å²) in [7, 11) is 0. The fourth-order valence-electron chi connectivity index (χ4n) is 4.70. The number of hydrogen-bond donors (Lipinski definition) is 2. The minimum absolute atomic E-state index is 0.00845. The van der Waals surface area contributed by atoms with Crippen molar-refractivity contribution < 1.29 is 14.6 Å². The Balaban J connectivity index is 1.64. The number of nitrogens with zero attached hydrogens (tertiary/aromatic N) is 3. The zero-order chi connectivity index (χ0) is 23.4. The molecule has 1 aromatic carbocycles. The molecule has 0 fully saturated rings. The number of carbonyl (C=O) groups excluding carboxylic acids is 1. The van der Waals surface area contributed by atoms with Crippen LogP contribution in [0.2, 0.25) is 5.02 Å². The highest BCUT2D eigenvalue weighted by atomic mass is 35.5. The third-order valence-corrected chi connectivity index (χ3v) is 7.17. The number of anilines is 1. The molecule has 1 aliphatic heterocycles. The van der Waals surface area contributed by atoms with E-state index in [1.807, 2.05) is 30.5 Å². The maximum absolute atomic E-state index is 13.2. The number of fused-ring (bicyclic) bond motifs is 1. The van der Waals surface area contributed by atoms with Crippen molar-refractivity contribution in [3.8, 4) is 11.3 Å². The summed E-state index contributed by atoms with van der Waals surface area (Å²) in [5, 5.41) is 9.69. The van der Waals surface area contributed by atoms with Crippen molar-refractivity contribution in [2.75, 3.05) is 24.7 Å². The molecule has 3 unspecified atom stereocenters. The molecule has 2 aliphatic rings. The normalized spacial score (nSPS) is 22.9. The van der Waals surface area contributed by atoms with Crippen LogP contribution in [0.1, 0.15) is 50.2 Å². The van der Waals surface area contributed by atoms with Gasteiger partial charge in [0.15, 0.2) is 0 Å². The molecular weight excluding hydrogens is 458 g/mol. The van der Waals surface area contributed by atoms with Crippen molar-refractivity contribution in [3.05, 3.63) is 47.1 Å². The van der Waals surface area contributed by atoms with Gasteiger partial charge in [0.25, 0.3) is 0 Å². The van der Waals surface area contributed by atoms with E-state index >= 15 is 0 Å². The molecule has 178 valence electrons. The number of rotatable bonds is 9. The first kappa shape index (κ1) is 24.3. The summed E-state index contributed by atoms with van der Waals surface area (Å²) in [6, 6.07) is 7.53. The molecular formula is C25H32ClN3O3S. The van der Waals surface area contributed by atoms with Crippen molar-refractivity contribution in [3.63, 3.8) is 0 Å². The topological polar surface area (TPSA) is 67.6 Å². The zero-order valence-corrected chi connectivity index (χ0v) is 20.6. The van der Waals surface area contributed by atoms with Gasteiger partial charge < -0.3 is 14.7 Å². The second-order valence-electron chi connectivity index (χ2n) is 8.72. The number of aliphatic hydroxyl groups is 1. The minimum Gasteiger partial charge on any atom is -0.394 e. The number of hydrogen-bond acceptors (Lipinski definition) is 6. The fourth-order valence-corrected chi connectivity index (χ4v) is 5.25. The Kier molecular flexibility index (Phi) is 8.17. The lowest BCUT2D eigenvalue weighted by Crippen LogP contribution is -2.47. The van der Waals surface area contributed by atoms with Gasteiger partial charge >= 0.3 is 0 Å². The number of ether oxygens (including phenoxy) is 1. The number of unbranched alkanes of at least 4 members (excludes halogenated alkanes) is 2. The Labute approximate surface area is 206 Å². The van der Waals surface area contributed by atoms with E-state index in [0.717, 1.165) is 49.9 Å². The van der Waals surface area contributed by atoms with Gasteiger partial charge in [-0.1, -0.05) is 49.6 Å². The number of carbonyl (C=O) groups is 1. The van der Waals surface area contributed by atoms with Crippen LogP contribution in [0.25, 0.3) is 11.3 Å². The van der Waals surface area contributed by atoms with Crippen LogP contribution >= 0.6 is 24.2 Å². The smallest absolute Gasteiger partial charge is 0.235 e. The van der Waals surface area contributed by atoms with E-state index in [-0.39, 0.29) is 29.9 Å². The van der Waals surface area contributed by atoms with E-state index in [9.17, 15) is 4.79 Å². The van der Waals surface area contributed by atoms with Crippen LogP contribution in [0.5, 0.6) is 0 Å². The van der Waals surface area contributed by atoms with Gasteiger partial charge in [-0.25, -0.2) is 4.98 Å². The van der Waals surface area contributed by atoms with Crippen LogP contribution in [0, 0.1) is 0 Å². The van der Waals surface area contributed by atoms with Crippen molar-refractivity contribution in [1.29, 1.82) is 0 Å². The van der Waals surface area contributed by atoms with Gasteiger partial charge in [0, 0.05) is 28.6 Å². The first-order valence-electron chi connectivity index (χ1n) is 11.8. The van der Waals surface area contributed by atoms with Crippen LogP contribution in [0.4, 0.5) is 5.95 Å². The lowest BCUT2D eigenvalue weighted by atomic mass is 9.88. The molecule has 8 heteroatoms. The van der Waals surface area contributed by atoms with Crippen LogP contribution < -0.4 is 4.90 Å². The average Bonchev–Trinajstić information content (AvgIpc) is 3.26. The molecule has 0 amide bonds. The first-order chi connectivity index (χ1) is 16.0. The van der Waals surface area contributed by atoms with Crippen LogP contribution in [-0.2, 0) is 4.74 Å². The Morgan fingerprint density at radius 1 is 1.27 bits per heavy atom. The lowest BCUT2D eigenvalue weighted by Gasteiger charge is -2.40. The summed E-state index contributed by atoms with van der Waals surface area (Å²) in [6.07, 6.45) is 9.39. The zero-order valence-electron chi connectivity index (χ0n) is 19.0. The first-order valence-corrected chi connectivity index (χ1v) is 12.7. The van der Waals surface area contributed by atoms with E-state index in [2.05, 4.69) is 17.9 Å². The van der Waals surface area contributed by atoms with E-state index in [1.165, 1.54) is 5.57 Å². The van der Waals surface area contributed by atoms with Crippen molar-refractivity contribution in [1.82, 2.24) is 9.55 Å². The Hall–Kier alpha value is -1.80. The number of halogens is 1. The standard InChI is InChI=1S/C25H32ClN3O3S/c1-2-3-4-11-28-21(18-7-10-22(23(33)14-18)32-13-12-30)15-24(31)29-16-20(27-25(28)29)17-5-8-19(26)9-6-17/h5-6,8-9,14,16,21-23,30,33H,2-4,7,10-13,15H2,1H3. The van der Waals surface area contributed by atoms with Gasteiger partial charge in [0.2, 0.25) is 11.9 Å². The van der Waals surface area contributed by atoms with Gasteiger partial charge in [-0.3, -0.25) is 9.36 Å². The summed E-state index contributed by atoms with van der Waals surface area (Å²) in [5.74, 6) is 0.775. The predicted molar refractivity (Wildman–Crippen MR) is 135 cm³/mol. The number of imidazole rings is 1. The van der Waals surface area contributed by atoms with E-state index in [0.29, 0.717) is 24.0 Å². The number of thiol groups is 1. The Morgan fingerprint density at radius 2 is 2.06 bits per heavy atom. The summed E-state index contributed by atoms with van der Waals surface area (Å²) in [6.45, 7) is 3.37. The van der Waals surface area contributed by atoms with Gasteiger partial charge in [0.1, 0.15) is 0 Å². The summed E-state index contributed by atoms with van der Waals surface area (Å²) < 4.78 is 7.46. The van der Waals surface area contributed by atoms with Crippen LogP contribution in [-0.4, -0.2) is 57.7 Å². The van der Waals surface area contributed by atoms with Gasteiger partial charge in [-0.15, -0.1) is 0 Å². The quantitative estimate of drug-likeness (QED) is 0.294. The molecule has 0 bridgehead atoms. The van der Waals surface area contributed by atoms with E-state index < -0.39 is 0 Å². The molecule has 1 N–H and O–H groups in total. The molecule has 2 aromatic rings. The van der Waals surface area contributed by atoms with Crippen molar-refractivity contribution in [2.24, 2.45) is 0 Å². The monoisotopic (exact) mass is 489 g/mol. The third-order valence-electron chi connectivity index (χ3n) is 6.43. The highest BCUT2D eigenvalue weighted by molar-refractivity contribution is 7.81. The molecule has 3 atom stereocenters. The largest absolute Gasteiger partial charge is 0.394 e. The van der Waals surface area contributed by atoms with Gasteiger partial charge in [0.05, 0.1) is 37.5 Å². The second-order valence-corrected chi connectivity index (χ2v) is 9.75. The SMILES string of the molecule is CCCCCN1c2nc(-c3ccc(Cl)cc3)cn2C(=O)CC1C1=CC(S)C(OCCO)CC1. The average molecular weight is 490 g/mol. The lowest BCUT2D eigenvalue weighted by molar-refractivity contribution is 0.0264. The Bertz CT molecular complexity index is 991. The summed E-state index contributed by atoms with van der Waals surface area (Å²) in [5.41, 5.74) is 2.94. The molecule has 4 rings (SSSR count). The molecule has 0 saturated carbocycles.